The average Bonchev–Trinajstić information content (AvgIpc) is 2.82. The van der Waals surface area contributed by atoms with Crippen molar-refractivity contribution in [2.75, 3.05) is 26.3 Å². The van der Waals surface area contributed by atoms with E-state index in [0.29, 0.717) is 38.6 Å². The molecule has 2 rings (SSSR count). The summed E-state index contributed by atoms with van der Waals surface area (Å²) in [6, 6.07) is -0.183. The van der Waals surface area contributed by atoms with Gasteiger partial charge < -0.3 is 20.5 Å². The van der Waals surface area contributed by atoms with Gasteiger partial charge in [-0.2, -0.15) is 0 Å². The van der Waals surface area contributed by atoms with Crippen molar-refractivity contribution < 1.29 is 19.4 Å². The van der Waals surface area contributed by atoms with Crippen LogP contribution in [0.5, 0.6) is 0 Å². The number of piperidine rings is 1. The fraction of sp³-hybridized carbons (Fsp3) is 0.846. The van der Waals surface area contributed by atoms with Crippen LogP contribution in [-0.4, -0.2) is 54.2 Å². The highest BCUT2D eigenvalue weighted by molar-refractivity contribution is 5.80. The summed E-state index contributed by atoms with van der Waals surface area (Å²) in [6.07, 6.45) is 2.72. The smallest absolute Gasteiger partial charge is 0.303 e. The molecule has 6 nitrogen and oxygen atoms in total. The molecule has 2 fully saturated rings. The Morgan fingerprint density at radius 3 is 2.47 bits per heavy atom. The van der Waals surface area contributed by atoms with Crippen LogP contribution in [0.1, 0.15) is 25.7 Å². The summed E-state index contributed by atoms with van der Waals surface area (Å²) in [4.78, 5) is 24.6. The number of carbonyl (C=O) groups is 2. The number of hydrogen-bond donors (Lipinski definition) is 2. The van der Waals surface area contributed by atoms with E-state index < -0.39 is 5.97 Å². The van der Waals surface area contributed by atoms with E-state index >= 15 is 0 Å². The van der Waals surface area contributed by atoms with Gasteiger partial charge in [0.25, 0.3) is 0 Å². The van der Waals surface area contributed by atoms with Crippen molar-refractivity contribution in [2.24, 2.45) is 17.6 Å². The molecule has 6 heteroatoms. The maximum Gasteiger partial charge on any atom is 0.303 e. The molecule has 0 saturated carbocycles. The van der Waals surface area contributed by atoms with Gasteiger partial charge in [0.05, 0.1) is 19.1 Å². The van der Waals surface area contributed by atoms with Crippen LogP contribution in [0.4, 0.5) is 0 Å². The molecule has 1 amide bonds. The Morgan fingerprint density at radius 2 is 1.95 bits per heavy atom. The van der Waals surface area contributed by atoms with E-state index in [4.69, 9.17) is 15.6 Å². The van der Waals surface area contributed by atoms with Crippen LogP contribution in [0.15, 0.2) is 0 Å². The lowest BCUT2D eigenvalue weighted by Crippen LogP contribution is -2.46. The number of likely N-dealkylation sites (tertiary alicyclic amines) is 1. The van der Waals surface area contributed by atoms with Crippen LogP contribution in [-0.2, 0) is 14.3 Å². The van der Waals surface area contributed by atoms with Crippen molar-refractivity contribution in [1.29, 1.82) is 0 Å². The maximum atomic E-state index is 12.3. The third kappa shape index (κ3) is 3.67. The highest BCUT2D eigenvalue weighted by Crippen LogP contribution is 2.24. The lowest BCUT2D eigenvalue weighted by atomic mass is 9.91. The van der Waals surface area contributed by atoms with Crippen molar-refractivity contribution in [3.05, 3.63) is 0 Å². The second-order valence-electron chi connectivity index (χ2n) is 5.51. The van der Waals surface area contributed by atoms with E-state index in [2.05, 4.69) is 0 Å². The van der Waals surface area contributed by atoms with Gasteiger partial charge in [-0.15, -0.1) is 0 Å². The maximum absolute atomic E-state index is 12.3. The topological polar surface area (TPSA) is 92.9 Å². The molecular weight excluding hydrogens is 248 g/mol. The molecule has 2 unspecified atom stereocenters. The van der Waals surface area contributed by atoms with Crippen molar-refractivity contribution in [3.8, 4) is 0 Å². The molecule has 3 N–H and O–H groups in total. The van der Waals surface area contributed by atoms with E-state index in [1.54, 1.807) is 0 Å². The van der Waals surface area contributed by atoms with Gasteiger partial charge in [0, 0.05) is 25.6 Å². The zero-order valence-corrected chi connectivity index (χ0v) is 11.1. The van der Waals surface area contributed by atoms with Crippen LogP contribution in [0.2, 0.25) is 0 Å². The minimum Gasteiger partial charge on any atom is -0.481 e. The van der Waals surface area contributed by atoms with Gasteiger partial charge in [-0.3, -0.25) is 9.59 Å². The summed E-state index contributed by atoms with van der Waals surface area (Å²) in [5.41, 5.74) is 5.86. The first-order chi connectivity index (χ1) is 9.08. The van der Waals surface area contributed by atoms with Gasteiger partial charge in [-0.1, -0.05) is 0 Å². The van der Waals surface area contributed by atoms with Crippen molar-refractivity contribution >= 4 is 11.9 Å². The van der Waals surface area contributed by atoms with Crippen LogP contribution < -0.4 is 5.73 Å². The molecule has 108 valence electrons. The molecule has 2 heterocycles. The molecule has 19 heavy (non-hydrogen) atoms. The lowest BCUT2D eigenvalue weighted by molar-refractivity contribution is -0.139. The number of rotatable bonds is 4. The van der Waals surface area contributed by atoms with Gasteiger partial charge >= 0.3 is 5.97 Å². The largest absolute Gasteiger partial charge is 0.481 e. The summed E-state index contributed by atoms with van der Waals surface area (Å²) >= 11 is 0. The first kappa shape index (κ1) is 14.3. The van der Waals surface area contributed by atoms with E-state index in [9.17, 15) is 9.59 Å². The molecule has 0 aliphatic carbocycles. The number of amides is 1. The van der Waals surface area contributed by atoms with Crippen LogP contribution in [0.3, 0.4) is 0 Å². The Hall–Kier alpha value is -1.14. The van der Waals surface area contributed by atoms with Crippen molar-refractivity contribution in [3.63, 3.8) is 0 Å². The molecular formula is C13H22N2O4. The summed E-state index contributed by atoms with van der Waals surface area (Å²) in [6.45, 7) is 2.32. The number of nitrogens with two attached hydrogens (primary N) is 1. The molecule has 2 aliphatic heterocycles. The Morgan fingerprint density at radius 1 is 1.26 bits per heavy atom. The number of hydrogen-bond acceptors (Lipinski definition) is 4. The van der Waals surface area contributed by atoms with E-state index in [1.165, 1.54) is 0 Å². The normalized spacial score (nSPS) is 28.6. The summed E-state index contributed by atoms with van der Waals surface area (Å²) in [5.74, 6) is -0.418. The summed E-state index contributed by atoms with van der Waals surface area (Å²) in [5, 5.41) is 8.66. The molecule has 2 aliphatic rings. The van der Waals surface area contributed by atoms with Crippen LogP contribution >= 0.6 is 0 Å². The SMILES string of the molecule is NC1COCC1C(=O)N1CCC(CCC(=O)O)CC1. The quantitative estimate of drug-likeness (QED) is 0.753. The van der Waals surface area contributed by atoms with E-state index in [0.717, 1.165) is 12.8 Å². The van der Waals surface area contributed by atoms with Crippen molar-refractivity contribution in [1.82, 2.24) is 4.90 Å². The van der Waals surface area contributed by atoms with Gasteiger partial charge in [0.15, 0.2) is 0 Å². The van der Waals surface area contributed by atoms with E-state index in [-0.39, 0.29) is 24.3 Å². The van der Waals surface area contributed by atoms with Gasteiger partial charge in [0.1, 0.15) is 0 Å². The Kier molecular flexibility index (Phi) is 4.76. The zero-order chi connectivity index (χ0) is 13.8. The fourth-order valence-electron chi connectivity index (χ4n) is 2.83. The molecule has 0 aromatic rings. The zero-order valence-electron chi connectivity index (χ0n) is 11.1. The number of nitrogens with zero attached hydrogens (tertiary/aromatic N) is 1. The molecule has 0 radical (unpaired) electrons. The lowest BCUT2D eigenvalue weighted by Gasteiger charge is -2.33. The predicted octanol–water partition coefficient (Wildman–Crippen LogP) is 0.0635. The molecule has 0 bridgehead atoms. The number of aliphatic carboxylic acids is 1. The first-order valence-corrected chi connectivity index (χ1v) is 6.92. The molecule has 0 aromatic heterocycles. The number of ether oxygens (including phenoxy) is 1. The Bertz CT molecular complexity index is 340. The van der Waals surface area contributed by atoms with Crippen molar-refractivity contribution in [2.45, 2.75) is 31.7 Å². The second-order valence-corrected chi connectivity index (χ2v) is 5.51. The average molecular weight is 270 g/mol. The molecule has 2 saturated heterocycles. The Balaban J connectivity index is 1.76. The predicted molar refractivity (Wildman–Crippen MR) is 68.5 cm³/mol. The minimum atomic E-state index is -0.743. The van der Waals surface area contributed by atoms with Crippen LogP contribution in [0.25, 0.3) is 0 Å². The highest BCUT2D eigenvalue weighted by Gasteiger charge is 2.35. The highest BCUT2D eigenvalue weighted by atomic mass is 16.5. The Labute approximate surface area is 112 Å². The fourth-order valence-corrected chi connectivity index (χ4v) is 2.83. The number of carbonyl (C=O) groups excluding carboxylic acids is 1. The second kappa shape index (κ2) is 6.34. The standard InChI is InChI=1S/C13H22N2O4/c14-11-8-19-7-10(11)13(18)15-5-3-9(4-6-15)1-2-12(16)17/h9-11H,1-8,14H2,(H,16,17). The molecule has 0 spiro atoms. The van der Waals surface area contributed by atoms with Gasteiger partial charge in [0.2, 0.25) is 5.91 Å². The summed E-state index contributed by atoms with van der Waals surface area (Å²) < 4.78 is 5.23. The third-order valence-electron chi connectivity index (χ3n) is 4.13. The molecule has 2 atom stereocenters. The molecule has 0 aromatic carbocycles. The first-order valence-electron chi connectivity index (χ1n) is 6.92. The number of carboxylic acids is 1. The van der Waals surface area contributed by atoms with Crippen LogP contribution in [0, 0.1) is 11.8 Å². The van der Waals surface area contributed by atoms with Gasteiger partial charge in [-0.25, -0.2) is 0 Å². The number of carboxylic acid groups (broad SMARTS) is 1. The van der Waals surface area contributed by atoms with Gasteiger partial charge in [-0.05, 0) is 25.2 Å². The van der Waals surface area contributed by atoms with E-state index in [1.807, 2.05) is 4.90 Å². The monoisotopic (exact) mass is 270 g/mol. The summed E-state index contributed by atoms with van der Waals surface area (Å²) in [7, 11) is 0. The minimum absolute atomic E-state index is 0.0988. The third-order valence-corrected chi connectivity index (χ3v) is 4.13.